The van der Waals surface area contributed by atoms with Crippen LogP contribution in [-0.2, 0) is 20.8 Å². The SMILES string of the molecule is OC[C@H]1O[C@@H](O[C@H]2[C@H](O)[C@@H](NCc3ccccc3)[C@@H](O)O[C@@H]2CO)[C@H](O)[C@@H](O)[C@H]1O. The summed E-state index contributed by atoms with van der Waals surface area (Å²) in [5.74, 6) is 0. The Kier molecular flexibility index (Phi) is 8.12. The molecule has 0 unspecified atom stereocenters. The molecule has 11 nitrogen and oxygen atoms in total. The topological polar surface area (TPSA) is 181 Å². The van der Waals surface area contributed by atoms with Crippen LogP contribution in [0.2, 0.25) is 0 Å². The largest absolute Gasteiger partial charge is 0.394 e. The van der Waals surface area contributed by atoms with E-state index in [1.807, 2.05) is 30.3 Å². The van der Waals surface area contributed by atoms with Crippen molar-refractivity contribution in [2.45, 2.75) is 67.9 Å². The molecule has 2 fully saturated rings. The summed E-state index contributed by atoms with van der Waals surface area (Å²) < 4.78 is 16.3. The lowest BCUT2D eigenvalue weighted by Gasteiger charge is -2.46. The molecule has 3 rings (SSSR count). The van der Waals surface area contributed by atoms with E-state index in [2.05, 4.69) is 5.32 Å². The standard InChI is InChI=1S/C19H29NO10/c21-7-10-13(23)15(25)16(26)19(29-10)30-17-11(8-22)28-18(27)12(14(17)24)20-6-9-4-2-1-3-5-9/h1-5,10-27H,6-8H2/t10-,11-,12-,13+,14-,15+,16-,17-,18+,19+/m1/s1. The molecule has 170 valence electrons. The Labute approximate surface area is 173 Å². The number of ether oxygens (including phenoxy) is 3. The Morgan fingerprint density at radius 2 is 1.47 bits per heavy atom. The molecule has 2 aliphatic rings. The normalized spacial score (nSPS) is 42.2. The van der Waals surface area contributed by atoms with Crippen LogP contribution in [0.25, 0.3) is 0 Å². The van der Waals surface area contributed by atoms with Gasteiger partial charge in [-0.15, -0.1) is 0 Å². The molecule has 0 aliphatic carbocycles. The summed E-state index contributed by atoms with van der Waals surface area (Å²) >= 11 is 0. The van der Waals surface area contributed by atoms with Crippen molar-refractivity contribution in [3.63, 3.8) is 0 Å². The summed E-state index contributed by atoms with van der Waals surface area (Å²) in [5.41, 5.74) is 0.896. The van der Waals surface area contributed by atoms with E-state index in [0.29, 0.717) is 6.54 Å². The van der Waals surface area contributed by atoms with E-state index in [0.717, 1.165) is 5.56 Å². The monoisotopic (exact) mass is 431 g/mol. The molecule has 0 bridgehead atoms. The highest BCUT2D eigenvalue weighted by Gasteiger charge is 2.50. The highest BCUT2D eigenvalue weighted by atomic mass is 16.7. The minimum Gasteiger partial charge on any atom is -0.394 e. The van der Waals surface area contributed by atoms with Gasteiger partial charge in [-0.2, -0.15) is 0 Å². The van der Waals surface area contributed by atoms with Gasteiger partial charge in [0.25, 0.3) is 0 Å². The van der Waals surface area contributed by atoms with Crippen LogP contribution in [0.3, 0.4) is 0 Å². The predicted octanol–water partition coefficient (Wildman–Crippen LogP) is -3.60. The van der Waals surface area contributed by atoms with Crippen LogP contribution in [0.5, 0.6) is 0 Å². The van der Waals surface area contributed by atoms with E-state index in [1.165, 1.54) is 0 Å². The molecule has 1 aromatic carbocycles. The van der Waals surface area contributed by atoms with Gasteiger partial charge in [0.1, 0.15) is 42.7 Å². The van der Waals surface area contributed by atoms with Crippen LogP contribution < -0.4 is 5.32 Å². The average Bonchev–Trinajstić information content (AvgIpc) is 2.76. The van der Waals surface area contributed by atoms with Crippen molar-refractivity contribution in [2.75, 3.05) is 13.2 Å². The van der Waals surface area contributed by atoms with Crippen LogP contribution in [-0.4, -0.2) is 110 Å². The van der Waals surface area contributed by atoms with Crippen LogP contribution in [0.15, 0.2) is 30.3 Å². The van der Waals surface area contributed by atoms with Crippen molar-refractivity contribution in [1.29, 1.82) is 0 Å². The van der Waals surface area contributed by atoms with Gasteiger partial charge in [-0.25, -0.2) is 0 Å². The first-order valence-corrected chi connectivity index (χ1v) is 9.73. The molecular weight excluding hydrogens is 402 g/mol. The van der Waals surface area contributed by atoms with E-state index in [4.69, 9.17) is 14.2 Å². The third kappa shape index (κ3) is 4.98. The molecule has 2 heterocycles. The molecule has 0 radical (unpaired) electrons. The third-order valence-corrected chi connectivity index (χ3v) is 5.40. The van der Waals surface area contributed by atoms with Crippen molar-refractivity contribution in [3.8, 4) is 0 Å². The van der Waals surface area contributed by atoms with Crippen LogP contribution in [0.1, 0.15) is 5.56 Å². The number of hydrogen-bond donors (Lipinski definition) is 8. The van der Waals surface area contributed by atoms with Crippen LogP contribution in [0.4, 0.5) is 0 Å². The summed E-state index contributed by atoms with van der Waals surface area (Å²) in [5, 5.41) is 72.9. The van der Waals surface area contributed by atoms with E-state index >= 15 is 0 Å². The zero-order valence-electron chi connectivity index (χ0n) is 16.1. The summed E-state index contributed by atoms with van der Waals surface area (Å²) in [7, 11) is 0. The van der Waals surface area contributed by atoms with Gasteiger partial charge >= 0.3 is 0 Å². The van der Waals surface area contributed by atoms with Crippen molar-refractivity contribution in [2.24, 2.45) is 0 Å². The van der Waals surface area contributed by atoms with Gasteiger partial charge in [-0.05, 0) is 5.56 Å². The summed E-state index contributed by atoms with van der Waals surface area (Å²) in [6.45, 7) is -0.945. The molecule has 2 saturated heterocycles. The van der Waals surface area contributed by atoms with Gasteiger partial charge in [-0.3, -0.25) is 0 Å². The quantitative estimate of drug-likeness (QED) is 0.214. The fraction of sp³-hybridized carbons (Fsp3) is 0.684. The molecule has 30 heavy (non-hydrogen) atoms. The van der Waals surface area contributed by atoms with E-state index in [-0.39, 0.29) is 0 Å². The zero-order valence-corrected chi connectivity index (χ0v) is 16.1. The molecule has 11 heteroatoms. The number of hydrogen-bond acceptors (Lipinski definition) is 11. The minimum absolute atomic E-state index is 0.305. The maximum atomic E-state index is 10.8. The van der Waals surface area contributed by atoms with Crippen LogP contribution in [0, 0.1) is 0 Å². The Hall–Kier alpha value is -1.22. The van der Waals surface area contributed by atoms with Gasteiger partial charge in [-0.1, -0.05) is 30.3 Å². The number of benzene rings is 1. The number of aliphatic hydroxyl groups excluding tert-OH is 7. The second kappa shape index (κ2) is 10.4. The smallest absolute Gasteiger partial charge is 0.187 e. The van der Waals surface area contributed by atoms with Crippen molar-refractivity contribution in [1.82, 2.24) is 5.32 Å². The highest BCUT2D eigenvalue weighted by molar-refractivity contribution is 5.14. The second-order valence-corrected chi connectivity index (χ2v) is 7.43. The maximum absolute atomic E-state index is 10.8. The fourth-order valence-electron chi connectivity index (χ4n) is 3.64. The Morgan fingerprint density at radius 3 is 2.10 bits per heavy atom. The van der Waals surface area contributed by atoms with E-state index in [9.17, 15) is 35.7 Å². The number of rotatable bonds is 7. The Morgan fingerprint density at radius 1 is 0.800 bits per heavy atom. The van der Waals surface area contributed by atoms with E-state index in [1.54, 1.807) is 0 Å². The van der Waals surface area contributed by atoms with Gasteiger partial charge in [0.05, 0.1) is 19.3 Å². The lowest BCUT2D eigenvalue weighted by atomic mass is 9.95. The lowest BCUT2D eigenvalue weighted by molar-refractivity contribution is -0.345. The van der Waals surface area contributed by atoms with Crippen molar-refractivity contribution in [3.05, 3.63) is 35.9 Å². The first-order chi connectivity index (χ1) is 14.4. The Bertz CT molecular complexity index is 649. The average molecular weight is 431 g/mol. The van der Waals surface area contributed by atoms with Gasteiger partial charge in [0.2, 0.25) is 0 Å². The summed E-state index contributed by atoms with van der Waals surface area (Å²) in [6.07, 6.45) is -12.9. The van der Waals surface area contributed by atoms with E-state index < -0.39 is 74.6 Å². The zero-order chi connectivity index (χ0) is 21.8. The second-order valence-electron chi connectivity index (χ2n) is 7.43. The fourth-order valence-corrected chi connectivity index (χ4v) is 3.64. The predicted molar refractivity (Wildman–Crippen MR) is 99.7 cm³/mol. The molecule has 2 aliphatic heterocycles. The lowest BCUT2D eigenvalue weighted by Crippen LogP contribution is -2.66. The molecule has 8 N–H and O–H groups in total. The van der Waals surface area contributed by atoms with Gasteiger partial charge in [0, 0.05) is 6.54 Å². The molecule has 0 amide bonds. The minimum atomic E-state index is -1.68. The molecule has 0 spiro atoms. The molecule has 0 saturated carbocycles. The third-order valence-electron chi connectivity index (χ3n) is 5.40. The number of nitrogens with one attached hydrogen (secondary N) is 1. The highest BCUT2D eigenvalue weighted by Crippen LogP contribution is 2.28. The molecule has 10 atom stereocenters. The van der Waals surface area contributed by atoms with Crippen molar-refractivity contribution < 1.29 is 50.0 Å². The first-order valence-electron chi connectivity index (χ1n) is 9.73. The number of aliphatic hydroxyl groups is 7. The first kappa shape index (κ1) is 23.4. The van der Waals surface area contributed by atoms with Crippen LogP contribution >= 0.6 is 0 Å². The Balaban J connectivity index is 1.71. The maximum Gasteiger partial charge on any atom is 0.187 e. The van der Waals surface area contributed by atoms with Crippen molar-refractivity contribution >= 4 is 0 Å². The van der Waals surface area contributed by atoms with Gasteiger partial charge in [0.15, 0.2) is 12.6 Å². The summed E-state index contributed by atoms with van der Waals surface area (Å²) in [6, 6.07) is 8.25. The molecule has 1 aromatic rings. The van der Waals surface area contributed by atoms with Gasteiger partial charge < -0.3 is 55.3 Å². The molecule has 0 aromatic heterocycles. The molecular formula is C19H29NO10. The summed E-state index contributed by atoms with van der Waals surface area (Å²) in [4.78, 5) is 0.